The normalized spacial score (nSPS) is 9.44. The summed E-state index contributed by atoms with van der Waals surface area (Å²) in [6, 6.07) is 3.78. The van der Waals surface area contributed by atoms with Gasteiger partial charge in [0.2, 0.25) is 0 Å². The van der Waals surface area contributed by atoms with E-state index in [-0.39, 0.29) is 11.3 Å². The summed E-state index contributed by atoms with van der Waals surface area (Å²) in [6.45, 7) is 0. The van der Waals surface area contributed by atoms with E-state index in [1.54, 1.807) is 0 Å². The van der Waals surface area contributed by atoms with E-state index in [1.807, 2.05) is 0 Å². The first-order valence-corrected chi connectivity index (χ1v) is 4.32. The number of carbonyl (C=O) groups is 2. The van der Waals surface area contributed by atoms with E-state index in [9.17, 15) is 14.0 Å². The van der Waals surface area contributed by atoms with Crippen molar-refractivity contribution in [1.29, 1.82) is 0 Å². The van der Waals surface area contributed by atoms with Gasteiger partial charge in [-0.25, -0.2) is 14.0 Å². The number of nitrogens with one attached hydrogen (secondary N) is 1. The minimum atomic E-state index is -0.866. The number of benzene rings is 1. The second-order valence-electron chi connectivity index (χ2n) is 2.77. The van der Waals surface area contributed by atoms with E-state index in [4.69, 9.17) is 0 Å². The highest BCUT2D eigenvalue weighted by Gasteiger charge is 2.17. The van der Waals surface area contributed by atoms with Crippen molar-refractivity contribution in [2.24, 2.45) is 0 Å². The van der Waals surface area contributed by atoms with E-state index in [2.05, 4.69) is 14.8 Å². The lowest BCUT2D eigenvalue weighted by atomic mass is 10.1. The quantitative estimate of drug-likeness (QED) is 0.782. The van der Waals surface area contributed by atoms with Crippen molar-refractivity contribution in [1.82, 2.24) is 0 Å². The molecule has 0 heterocycles. The summed E-state index contributed by atoms with van der Waals surface area (Å²) < 4.78 is 22.1. The zero-order valence-electron chi connectivity index (χ0n) is 8.74. The van der Waals surface area contributed by atoms with Crippen LogP contribution in [0.4, 0.5) is 14.9 Å². The molecular formula is C10H10FNO4. The number of carbonyl (C=O) groups excluding carboxylic acids is 2. The largest absolute Gasteiger partial charge is 0.465 e. The standard InChI is InChI=1S/C10H10FNO4/c1-15-9(13)6-4-3-5-7(11)8(6)12-10(14)16-2/h3-5H,1-2H3,(H,12,14). The van der Waals surface area contributed by atoms with Gasteiger partial charge >= 0.3 is 12.1 Å². The van der Waals surface area contributed by atoms with Crippen molar-refractivity contribution in [3.05, 3.63) is 29.6 Å². The second-order valence-corrected chi connectivity index (χ2v) is 2.77. The Morgan fingerprint density at radius 1 is 1.25 bits per heavy atom. The molecule has 1 amide bonds. The lowest BCUT2D eigenvalue weighted by molar-refractivity contribution is 0.0601. The maximum Gasteiger partial charge on any atom is 0.411 e. The van der Waals surface area contributed by atoms with Crippen LogP contribution in [0.25, 0.3) is 0 Å². The first kappa shape index (κ1) is 12.0. The van der Waals surface area contributed by atoms with Crippen molar-refractivity contribution >= 4 is 17.7 Å². The number of anilines is 1. The molecule has 1 aromatic rings. The zero-order chi connectivity index (χ0) is 12.1. The number of para-hydroxylation sites is 1. The van der Waals surface area contributed by atoms with Crippen LogP contribution in [0.3, 0.4) is 0 Å². The predicted molar refractivity (Wildman–Crippen MR) is 53.8 cm³/mol. The Labute approximate surface area is 91.2 Å². The van der Waals surface area contributed by atoms with Crippen LogP contribution in [-0.2, 0) is 9.47 Å². The molecular weight excluding hydrogens is 217 g/mol. The number of ether oxygens (including phenoxy) is 2. The summed E-state index contributed by atoms with van der Waals surface area (Å²) in [5.41, 5.74) is -0.339. The monoisotopic (exact) mass is 227 g/mol. The van der Waals surface area contributed by atoms with Crippen LogP contribution < -0.4 is 5.32 Å². The molecule has 6 heteroatoms. The van der Waals surface area contributed by atoms with E-state index in [0.29, 0.717) is 0 Å². The number of esters is 1. The van der Waals surface area contributed by atoms with E-state index in [1.165, 1.54) is 12.1 Å². The Kier molecular flexibility index (Phi) is 3.82. The van der Waals surface area contributed by atoms with Gasteiger partial charge in [-0.15, -0.1) is 0 Å². The van der Waals surface area contributed by atoms with Crippen molar-refractivity contribution in [3.63, 3.8) is 0 Å². The van der Waals surface area contributed by atoms with Gasteiger partial charge < -0.3 is 9.47 Å². The fourth-order valence-electron chi connectivity index (χ4n) is 1.08. The topological polar surface area (TPSA) is 64.6 Å². The van der Waals surface area contributed by atoms with Crippen LogP contribution in [0.15, 0.2) is 18.2 Å². The highest BCUT2D eigenvalue weighted by Crippen LogP contribution is 2.20. The number of hydrogen-bond acceptors (Lipinski definition) is 4. The van der Waals surface area contributed by atoms with Crippen molar-refractivity contribution < 1.29 is 23.5 Å². The summed E-state index contributed by atoms with van der Waals surface area (Å²) in [4.78, 5) is 22.2. The molecule has 0 saturated heterocycles. The van der Waals surface area contributed by atoms with Gasteiger partial charge in [-0.05, 0) is 12.1 Å². The zero-order valence-corrected chi connectivity index (χ0v) is 8.74. The number of halogens is 1. The molecule has 16 heavy (non-hydrogen) atoms. The summed E-state index contributed by atoms with van der Waals surface area (Å²) in [6.07, 6.45) is -0.866. The van der Waals surface area contributed by atoms with Crippen LogP contribution in [0.2, 0.25) is 0 Å². The van der Waals surface area contributed by atoms with Crippen LogP contribution >= 0.6 is 0 Å². The average Bonchev–Trinajstić information content (AvgIpc) is 2.30. The van der Waals surface area contributed by atoms with Crippen LogP contribution in [0.5, 0.6) is 0 Å². The van der Waals surface area contributed by atoms with Gasteiger partial charge in [0.25, 0.3) is 0 Å². The molecule has 0 unspecified atom stereocenters. The Morgan fingerprint density at radius 3 is 2.50 bits per heavy atom. The van der Waals surface area contributed by atoms with Gasteiger partial charge in [0, 0.05) is 0 Å². The SMILES string of the molecule is COC(=O)Nc1c(F)cccc1C(=O)OC. The average molecular weight is 227 g/mol. The summed E-state index contributed by atoms with van der Waals surface area (Å²) in [5.74, 6) is -1.49. The van der Waals surface area contributed by atoms with Crippen LogP contribution in [0.1, 0.15) is 10.4 Å². The van der Waals surface area contributed by atoms with Gasteiger partial charge in [-0.3, -0.25) is 5.32 Å². The first-order chi connectivity index (χ1) is 7.60. The van der Waals surface area contributed by atoms with Gasteiger partial charge in [0.1, 0.15) is 5.82 Å². The lowest BCUT2D eigenvalue weighted by Gasteiger charge is -2.09. The molecule has 0 bridgehead atoms. The number of amides is 1. The third-order valence-electron chi connectivity index (χ3n) is 1.83. The molecule has 0 aliphatic rings. The maximum absolute atomic E-state index is 13.4. The molecule has 5 nitrogen and oxygen atoms in total. The molecule has 1 N–H and O–H groups in total. The molecule has 1 rings (SSSR count). The number of methoxy groups -OCH3 is 2. The van der Waals surface area contributed by atoms with Crippen molar-refractivity contribution in [2.45, 2.75) is 0 Å². The smallest absolute Gasteiger partial charge is 0.411 e. The molecule has 0 radical (unpaired) electrons. The Hall–Kier alpha value is -2.11. The lowest BCUT2D eigenvalue weighted by Crippen LogP contribution is -2.16. The molecule has 0 atom stereocenters. The minimum absolute atomic E-state index is 0.0760. The Morgan fingerprint density at radius 2 is 1.94 bits per heavy atom. The highest BCUT2D eigenvalue weighted by molar-refractivity contribution is 5.99. The number of hydrogen-bond donors (Lipinski definition) is 1. The summed E-state index contributed by atoms with van der Waals surface area (Å²) in [7, 11) is 2.29. The molecule has 0 aliphatic carbocycles. The molecule has 1 aromatic carbocycles. The van der Waals surface area contributed by atoms with E-state index in [0.717, 1.165) is 20.3 Å². The minimum Gasteiger partial charge on any atom is -0.465 e. The van der Waals surface area contributed by atoms with Crippen molar-refractivity contribution in [3.8, 4) is 0 Å². The summed E-state index contributed by atoms with van der Waals surface area (Å²) >= 11 is 0. The Bertz CT molecular complexity index is 419. The number of rotatable bonds is 2. The molecule has 86 valence electrons. The predicted octanol–water partition coefficient (Wildman–Crippen LogP) is 1.79. The van der Waals surface area contributed by atoms with Crippen LogP contribution in [-0.4, -0.2) is 26.3 Å². The van der Waals surface area contributed by atoms with Gasteiger partial charge in [0.15, 0.2) is 0 Å². The van der Waals surface area contributed by atoms with Gasteiger partial charge in [-0.1, -0.05) is 6.07 Å². The third kappa shape index (κ3) is 2.47. The fourth-order valence-corrected chi connectivity index (χ4v) is 1.08. The molecule has 0 fully saturated rings. The van der Waals surface area contributed by atoms with Gasteiger partial charge in [-0.2, -0.15) is 0 Å². The summed E-state index contributed by atoms with van der Waals surface area (Å²) in [5, 5.41) is 2.11. The highest BCUT2D eigenvalue weighted by atomic mass is 19.1. The van der Waals surface area contributed by atoms with Crippen LogP contribution in [0, 0.1) is 5.82 Å². The molecule has 0 spiro atoms. The molecule has 0 saturated carbocycles. The van der Waals surface area contributed by atoms with E-state index >= 15 is 0 Å². The Balaban J connectivity index is 3.13. The maximum atomic E-state index is 13.4. The second kappa shape index (κ2) is 5.11. The van der Waals surface area contributed by atoms with E-state index < -0.39 is 17.9 Å². The first-order valence-electron chi connectivity index (χ1n) is 4.32. The molecule has 0 aromatic heterocycles. The third-order valence-corrected chi connectivity index (χ3v) is 1.83. The van der Waals surface area contributed by atoms with Gasteiger partial charge in [0.05, 0.1) is 25.5 Å². The molecule has 0 aliphatic heterocycles. The fraction of sp³-hybridized carbons (Fsp3) is 0.200. The van der Waals surface area contributed by atoms with Crippen molar-refractivity contribution in [2.75, 3.05) is 19.5 Å².